The molecule has 0 unspecified atom stereocenters. The van der Waals surface area contributed by atoms with Gasteiger partial charge < -0.3 is 14.8 Å². The van der Waals surface area contributed by atoms with Gasteiger partial charge in [-0.3, -0.25) is 10.1 Å². The standard InChI is InChI=1S/C27H23ClF3N5O2S/c28-21-5-3-6-23(14-21)35(26(39)33-15-20-4-1-2-7-25(20)27(29,30)31)13-12-24-16-32-18-34(24)17-19-8-10-22(11-9-19)36(37)38/h1-11,14,16,18H,12-13,15,17H2,(H,33,39). The van der Waals surface area contributed by atoms with Crippen molar-refractivity contribution in [3.8, 4) is 0 Å². The van der Waals surface area contributed by atoms with Gasteiger partial charge in [0.25, 0.3) is 5.69 Å². The molecule has 0 fully saturated rings. The second kappa shape index (κ2) is 12.3. The summed E-state index contributed by atoms with van der Waals surface area (Å²) in [5, 5.41) is 14.6. The van der Waals surface area contributed by atoms with Crippen LogP contribution in [0.3, 0.4) is 0 Å². The molecule has 1 aromatic heterocycles. The average Bonchev–Trinajstić information content (AvgIpc) is 3.34. The third kappa shape index (κ3) is 7.33. The molecule has 12 heteroatoms. The van der Waals surface area contributed by atoms with E-state index < -0.39 is 16.7 Å². The number of alkyl halides is 3. The number of hydrogen-bond acceptors (Lipinski definition) is 4. The number of imidazole rings is 1. The zero-order valence-corrected chi connectivity index (χ0v) is 22.0. The van der Waals surface area contributed by atoms with Crippen LogP contribution in [0, 0.1) is 10.1 Å². The summed E-state index contributed by atoms with van der Waals surface area (Å²) < 4.78 is 42.3. The lowest BCUT2D eigenvalue weighted by Gasteiger charge is -2.27. The third-order valence-corrected chi connectivity index (χ3v) is 6.61. The Morgan fingerprint density at radius 3 is 2.54 bits per heavy atom. The van der Waals surface area contributed by atoms with Crippen LogP contribution in [0.15, 0.2) is 85.3 Å². The van der Waals surface area contributed by atoms with Crippen molar-refractivity contribution in [3.63, 3.8) is 0 Å². The summed E-state index contributed by atoms with van der Waals surface area (Å²) in [6.07, 6.45) is -0.586. The molecular weight excluding hydrogens is 551 g/mol. The van der Waals surface area contributed by atoms with Crippen LogP contribution in [0.5, 0.6) is 0 Å². The smallest absolute Gasteiger partial charge is 0.358 e. The Labute approximate surface area is 233 Å². The Bertz CT molecular complexity index is 1460. The minimum Gasteiger partial charge on any atom is -0.358 e. The lowest BCUT2D eigenvalue weighted by Crippen LogP contribution is -2.41. The quantitative estimate of drug-likeness (QED) is 0.137. The van der Waals surface area contributed by atoms with Gasteiger partial charge in [0.05, 0.1) is 16.8 Å². The van der Waals surface area contributed by atoms with Crippen molar-refractivity contribution < 1.29 is 18.1 Å². The van der Waals surface area contributed by atoms with Gasteiger partial charge in [0, 0.05) is 60.8 Å². The maximum Gasteiger partial charge on any atom is 0.416 e. The first-order valence-corrected chi connectivity index (χ1v) is 12.6. The molecule has 1 heterocycles. The molecule has 0 amide bonds. The molecule has 7 nitrogen and oxygen atoms in total. The number of rotatable bonds is 9. The first kappa shape index (κ1) is 28.1. The molecule has 4 aromatic rings. The molecule has 0 spiro atoms. The second-order valence-electron chi connectivity index (χ2n) is 8.63. The van der Waals surface area contributed by atoms with Gasteiger partial charge in [-0.15, -0.1) is 0 Å². The van der Waals surface area contributed by atoms with Gasteiger partial charge in [-0.1, -0.05) is 48.0 Å². The van der Waals surface area contributed by atoms with E-state index in [-0.39, 0.29) is 22.9 Å². The van der Waals surface area contributed by atoms with Crippen molar-refractivity contribution in [2.75, 3.05) is 11.4 Å². The van der Waals surface area contributed by atoms with Crippen LogP contribution in [0.4, 0.5) is 24.5 Å². The number of nitro benzene ring substituents is 1. The number of nitro groups is 1. The van der Waals surface area contributed by atoms with Crippen LogP contribution >= 0.6 is 23.8 Å². The summed E-state index contributed by atoms with van der Waals surface area (Å²) in [5.41, 5.74) is 1.81. The van der Waals surface area contributed by atoms with Gasteiger partial charge in [-0.2, -0.15) is 13.2 Å². The molecule has 202 valence electrons. The van der Waals surface area contributed by atoms with Crippen LogP contribution in [0.1, 0.15) is 22.4 Å². The second-order valence-corrected chi connectivity index (χ2v) is 9.45. The van der Waals surface area contributed by atoms with E-state index in [0.29, 0.717) is 30.2 Å². The Kier molecular flexibility index (Phi) is 8.82. The fraction of sp³-hybridized carbons (Fsp3) is 0.185. The molecule has 39 heavy (non-hydrogen) atoms. The number of non-ortho nitro benzene ring substituents is 1. The molecule has 0 atom stereocenters. The van der Waals surface area contributed by atoms with Crippen molar-refractivity contribution in [1.29, 1.82) is 0 Å². The molecule has 1 N–H and O–H groups in total. The maximum atomic E-state index is 13.4. The monoisotopic (exact) mass is 573 g/mol. The Morgan fingerprint density at radius 1 is 1.10 bits per heavy atom. The molecule has 0 bridgehead atoms. The number of nitrogens with one attached hydrogen (secondary N) is 1. The Morgan fingerprint density at radius 2 is 1.85 bits per heavy atom. The molecular formula is C27H23ClF3N5O2S. The molecule has 4 rings (SSSR count). The van der Waals surface area contributed by atoms with Crippen LogP contribution in [0.2, 0.25) is 5.02 Å². The predicted octanol–water partition coefficient (Wildman–Crippen LogP) is 6.64. The molecule has 0 aliphatic carbocycles. The minimum atomic E-state index is -4.48. The summed E-state index contributed by atoms with van der Waals surface area (Å²) in [6, 6.07) is 18.7. The van der Waals surface area contributed by atoms with Gasteiger partial charge in [-0.05, 0) is 47.6 Å². The first-order chi connectivity index (χ1) is 18.6. The van der Waals surface area contributed by atoms with Crippen LogP contribution < -0.4 is 10.2 Å². The highest BCUT2D eigenvalue weighted by atomic mass is 35.5. The van der Waals surface area contributed by atoms with Gasteiger partial charge in [0.1, 0.15) is 0 Å². The molecule has 0 saturated heterocycles. The van der Waals surface area contributed by atoms with Gasteiger partial charge in [-0.25, -0.2) is 4.98 Å². The number of nitrogens with zero attached hydrogens (tertiary/aromatic N) is 4. The topological polar surface area (TPSA) is 76.2 Å². The summed E-state index contributed by atoms with van der Waals surface area (Å²) in [6.45, 7) is 0.740. The fourth-order valence-corrected chi connectivity index (χ4v) is 4.51. The molecule has 3 aromatic carbocycles. The summed E-state index contributed by atoms with van der Waals surface area (Å²) in [4.78, 5) is 16.5. The SMILES string of the molecule is O=[N+]([O-])c1ccc(Cn2cncc2CCN(C(=S)NCc2ccccc2C(F)(F)F)c2cccc(Cl)c2)cc1. The highest BCUT2D eigenvalue weighted by Gasteiger charge is 2.32. The molecule has 0 aliphatic rings. The molecule has 0 aliphatic heterocycles. The van der Waals surface area contributed by atoms with Crippen molar-refractivity contribution >= 4 is 40.3 Å². The summed E-state index contributed by atoms with van der Waals surface area (Å²) >= 11 is 11.8. The van der Waals surface area contributed by atoms with E-state index in [4.69, 9.17) is 23.8 Å². The molecule has 0 saturated carbocycles. The molecule has 0 radical (unpaired) electrons. The number of aromatic nitrogens is 2. The number of hydrogen-bond donors (Lipinski definition) is 1. The van der Waals surface area contributed by atoms with Crippen molar-refractivity contribution in [3.05, 3.63) is 123 Å². The lowest BCUT2D eigenvalue weighted by atomic mass is 10.1. The maximum absolute atomic E-state index is 13.4. The van der Waals surface area contributed by atoms with Crippen molar-refractivity contribution in [2.45, 2.75) is 25.7 Å². The average molecular weight is 574 g/mol. The van der Waals surface area contributed by atoms with E-state index >= 15 is 0 Å². The normalized spacial score (nSPS) is 11.3. The largest absolute Gasteiger partial charge is 0.416 e. The third-order valence-electron chi connectivity index (χ3n) is 6.01. The highest BCUT2D eigenvalue weighted by molar-refractivity contribution is 7.80. The van der Waals surface area contributed by atoms with Gasteiger partial charge >= 0.3 is 6.18 Å². The van der Waals surface area contributed by atoms with E-state index in [0.717, 1.165) is 17.3 Å². The first-order valence-electron chi connectivity index (χ1n) is 11.8. The van der Waals surface area contributed by atoms with E-state index in [9.17, 15) is 23.3 Å². The minimum absolute atomic E-state index is 0.0145. The number of thiocarbonyl (C=S) groups is 1. The van der Waals surface area contributed by atoms with Crippen LogP contribution in [0.25, 0.3) is 0 Å². The van der Waals surface area contributed by atoms with Crippen LogP contribution in [-0.2, 0) is 25.7 Å². The zero-order chi connectivity index (χ0) is 28.0. The fourth-order valence-electron chi connectivity index (χ4n) is 4.05. The van der Waals surface area contributed by atoms with E-state index in [2.05, 4.69) is 10.3 Å². The predicted molar refractivity (Wildman–Crippen MR) is 148 cm³/mol. The van der Waals surface area contributed by atoms with Gasteiger partial charge in [0.15, 0.2) is 5.11 Å². The van der Waals surface area contributed by atoms with E-state index in [1.54, 1.807) is 53.8 Å². The van der Waals surface area contributed by atoms with E-state index in [1.165, 1.54) is 24.3 Å². The number of anilines is 1. The summed E-state index contributed by atoms with van der Waals surface area (Å²) in [7, 11) is 0. The zero-order valence-electron chi connectivity index (χ0n) is 20.4. The number of benzene rings is 3. The Hall–Kier alpha value is -3.96. The summed E-state index contributed by atoms with van der Waals surface area (Å²) in [5.74, 6) is 0. The van der Waals surface area contributed by atoms with Gasteiger partial charge in [0.2, 0.25) is 0 Å². The Balaban J connectivity index is 1.49. The van der Waals surface area contributed by atoms with Crippen LogP contribution in [-0.4, -0.2) is 26.1 Å². The van der Waals surface area contributed by atoms with E-state index in [1.807, 2.05) is 10.6 Å². The lowest BCUT2D eigenvalue weighted by molar-refractivity contribution is -0.384. The number of halogens is 4. The highest BCUT2D eigenvalue weighted by Crippen LogP contribution is 2.32. The van der Waals surface area contributed by atoms with Crippen molar-refractivity contribution in [2.24, 2.45) is 0 Å². The van der Waals surface area contributed by atoms with Crippen molar-refractivity contribution in [1.82, 2.24) is 14.9 Å².